The van der Waals surface area contributed by atoms with Crippen LogP contribution in [0, 0.1) is 0 Å². The maximum Gasteiger partial charge on any atom is 0.257 e. The third kappa shape index (κ3) is 4.58. The van der Waals surface area contributed by atoms with E-state index in [-0.39, 0.29) is 5.91 Å². The molecule has 0 saturated heterocycles. The summed E-state index contributed by atoms with van der Waals surface area (Å²) in [6.45, 7) is 0. The number of rotatable bonds is 7. The molecule has 0 aliphatic heterocycles. The third-order valence-corrected chi connectivity index (χ3v) is 5.94. The molecular formula is C25H22N2O4S. The Morgan fingerprint density at radius 3 is 1.69 bits per heavy atom. The fourth-order valence-electron chi connectivity index (χ4n) is 3.17. The zero-order valence-corrected chi connectivity index (χ0v) is 18.7. The van der Waals surface area contributed by atoms with Gasteiger partial charge in [-0.15, -0.1) is 0 Å². The number of nitrogens with one attached hydrogen (secondary N) is 1. The Balaban J connectivity index is 1.69. The summed E-state index contributed by atoms with van der Waals surface area (Å²) in [6, 6.07) is 22.4. The monoisotopic (exact) mass is 446 g/mol. The minimum atomic E-state index is -0.232. The van der Waals surface area contributed by atoms with E-state index in [2.05, 4.69) is 5.32 Å². The molecule has 0 aliphatic carbocycles. The molecule has 1 heterocycles. The average Bonchev–Trinajstić information content (AvgIpc) is 3.27. The Morgan fingerprint density at radius 2 is 1.19 bits per heavy atom. The van der Waals surface area contributed by atoms with Crippen molar-refractivity contribution in [1.29, 1.82) is 0 Å². The highest BCUT2D eigenvalue weighted by Crippen LogP contribution is 2.40. The van der Waals surface area contributed by atoms with Crippen molar-refractivity contribution in [1.82, 2.24) is 4.98 Å². The molecule has 1 amide bonds. The Labute approximate surface area is 190 Å². The van der Waals surface area contributed by atoms with Crippen molar-refractivity contribution in [3.63, 3.8) is 0 Å². The first kappa shape index (κ1) is 21.4. The molecule has 32 heavy (non-hydrogen) atoms. The number of ether oxygens (including phenoxy) is 3. The summed E-state index contributed by atoms with van der Waals surface area (Å²) in [4.78, 5) is 18.4. The molecule has 4 aromatic rings. The number of carbonyl (C=O) groups is 1. The first-order valence-corrected chi connectivity index (χ1v) is 10.7. The van der Waals surface area contributed by atoms with Gasteiger partial charge in [0.15, 0.2) is 5.13 Å². The maximum atomic E-state index is 12.8. The van der Waals surface area contributed by atoms with E-state index in [0.717, 1.165) is 33.2 Å². The van der Waals surface area contributed by atoms with Crippen LogP contribution in [0.3, 0.4) is 0 Å². The van der Waals surface area contributed by atoms with Crippen molar-refractivity contribution in [3.8, 4) is 38.9 Å². The van der Waals surface area contributed by atoms with Crippen molar-refractivity contribution < 1.29 is 19.0 Å². The van der Waals surface area contributed by atoms with Crippen molar-refractivity contribution in [2.24, 2.45) is 0 Å². The molecule has 0 atom stereocenters. The van der Waals surface area contributed by atoms with E-state index in [0.29, 0.717) is 16.4 Å². The van der Waals surface area contributed by atoms with Crippen LogP contribution in [0.2, 0.25) is 0 Å². The molecule has 0 bridgehead atoms. The predicted octanol–water partition coefficient (Wildman–Crippen LogP) is 5.76. The molecule has 0 unspecified atom stereocenters. The van der Waals surface area contributed by atoms with Crippen LogP contribution in [0.5, 0.6) is 17.2 Å². The molecule has 4 rings (SSSR count). The van der Waals surface area contributed by atoms with Crippen LogP contribution >= 0.6 is 11.3 Å². The van der Waals surface area contributed by atoms with Crippen LogP contribution in [0.4, 0.5) is 5.13 Å². The van der Waals surface area contributed by atoms with E-state index in [9.17, 15) is 4.79 Å². The van der Waals surface area contributed by atoms with Gasteiger partial charge < -0.3 is 14.2 Å². The Morgan fingerprint density at radius 1 is 0.719 bits per heavy atom. The Bertz CT molecular complexity index is 1140. The highest BCUT2D eigenvalue weighted by molar-refractivity contribution is 7.19. The number of aromatic nitrogens is 1. The predicted molar refractivity (Wildman–Crippen MR) is 127 cm³/mol. The van der Waals surface area contributed by atoms with Crippen LogP contribution < -0.4 is 19.5 Å². The van der Waals surface area contributed by atoms with Crippen LogP contribution in [0.1, 0.15) is 10.4 Å². The SMILES string of the molecule is COc1ccc(C(=O)Nc2nc(-c3ccc(OC)cc3)c(-c3ccc(OC)cc3)s2)cc1. The van der Waals surface area contributed by atoms with Crippen LogP contribution in [0.15, 0.2) is 72.8 Å². The molecular weight excluding hydrogens is 424 g/mol. The molecule has 3 aromatic carbocycles. The lowest BCUT2D eigenvalue weighted by Gasteiger charge is -2.05. The largest absolute Gasteiger partial charge is 0.497 e. The second-order valence-electron chi connectivity index (χ2n) is 6.84. The van der Waals surface area contributed by atoms with Gasteiger partial charge in [0.25, 0.3) is 5.91 Å². The number of carbonyl (C=O) groups excluding carboxylic acids is 1. The van der Waals surface area contributed by atoms with E-state index < -0.39 is 0 Å². The molecule has 6 nitrogen and oxygen atoms in total. The van der Waals surface area contributed by atoms with E-state index in [1.807, 2.05) is 48.5 Å². The fraction of sp³-hybridized carbons (Fsp3) is 0.120. The zero-order chi connectivity index (χ0) is 22.5. The van der Waals surface area contributed by atoms with E-state index in [1.54, 1.807) is 45.6 Å². The molecule has 162 valence electrons. The molecule has 1 aromatic heterocycles. The molecule has 7 heteroatoms. The normalized spacial score (nSPS) is 10.5. The minimum absolute atomic E-state index is 0.232. The van der Waals surface area contributed by atoms with Crippen LogP contribution in [-0.2, 0) is 0 Å². The van der Waals surface area contributed by atoms with Gasteiger partial charge in [-0.1, -0.05) is 11.3 Å². The summed E-state index contributed by atoms with van der Waals surface area (Å²) in [5, 5.41) is 3.44. The molecule has 0 aliphatic rings. The number of hydrogen-bond acceptors (Lipinski definition) is 6. The summed E-state index contributed by atoms with van der Waals surface area (Å²) in [6.07, 6.45) is 0. The highest BCUT2D eigenvalue weighted by atomic mass is 32.1. The molecule has 0 radical (unpaired) electrons. The number of benzene rings is 3. The number of methoxy groups -OCH3 is 3. The van der Waals surface area contributed by atoms with Crippen molar-refractivity contribution in [3.05, 3.63) is 78.4 Å². The van der Waals surface area contributed by atoms with Crippen LogP contribution in [-0.4, -0.2) is 32.2 Å². The lowest BCUT2D eigenvalue weighted by atomic mass is 10.1. The van der Waals surface area contributed by atoms with Gasteiger partial charge in [-0.2, -0.15) is 0 Å². The molecule has 0 saturated carbocycles. The van der Waals surface area contributed by atoms with E-state index in [4.69, 9.17) is 19.2 Å². The summed E-state index contributed by atoms with van der Waals surface area (Å²) < 4.78 is 15.7. The summed E-state index contributed by atoms with van der Waals surface area (Å²) in [5.41, 5.74) is 3.22. The van der Waals surface area contributed by atoms with E-state index >= 15 is 0 Å². The molecule has 0 fully saturated rings. The second-order valence-corrected chi connectivity index (χ2v) is 7.84. The topological polar surface area (TPSA) is 69.7 Å². The van der Waals surface area contributed by atoms with Gasteiger partial charge in [0.1, 0.15) is 17.2 Å². The molecule has 0 spiro atoms. The Hall–Kier alpha value is -3.84. The number of anilines is 1. The van der Waals surface area contributed by atoms with Gasteiger partial charge >= 0.3 is 0 Å². The standard InChI is InChI=1S/C25H22N2O4S/c1-29-19-10-4-16(5-11-19)22-23(17-6-12-20(30-2)13-7-17)32-25(26-22)27-24(28)18-8-14-21(31-3)15-9-18/h4-15H,1-3H3,(H,26,27,28). The number of nitrogens with zero attached hydrogens (tertiary/aromatic N) is 1. The van der Waals surface area contributed by atoms with Crippen molar-refractivity contribution in [2.75, 3.05) is 26.6 Å². The zero-order valence-electron chi connectivity index (χ0n) is 17.9. The number of amides is 1. The summed E-state index contributed by atoms with van der Waals surface area (Å²) in [7, 11) is 4.86. The van der Waals surface area contributed by atoms with E-state index in [1.165, 1.54) is 11.3 Å². The maximum absolute atomic E-state index is 12.8. The fourth-order valence-corrected chi connectivity index (χ4v) is 4.16. The second kappa shape index (κ2) is 9.53. The lowest BCUT2D eigenvalue weighted by molar-refractivity contribution is 0.102. The van der Waals surface area contributed by atoms with Gasteiger partial charge in [0.05, 0.1) is 31.9 Å². The van der Waals surface area contributed by atoms with Crippen molar-refractivity contribution >= 4 is 22.4 Å². The first-order valence-electron chi connectivity index (χ1n) is 9.86. The summed E-state index contributed by atoms with van der Waals surface area (Å²) >= 11 is 1.42. The average molecular weight is 447 g/mol. The van der Waals surface area contributed by atoms with Gasteiger partial charge in [-0.05, 0) is 78.4 Å². The lowest BCUT2D eigenvalue weighted by Crippen LogP contribution is -2.11. The third-order valence-electron chi connectivity index (χ3n) is 4.92. The summed E-state index contributed by atoms with van der Waals surface area (Å²) in [5.74, 6) is 2.00. The highest BCUT2D eigenvalue weighted by Gasteiger charge is 2.17. The van der Waals surface area contributed by atoms with Gasteiger partial charge in [-0.3, -0.25) is 10.1 Å². The number of thiazole rings is 1. The number of hydrogen-bond donors (Lipinski definition) is 1. The van der Waals surface area contributed by atoms with Gasteiger partial charge in [0.2, 0.25) is 0 Å². The quantitative estimate of drug-likeness (QED) is 0.391. The van der Waals surface area contributed by atoms with Gasteiger partial charge in [-0.25, -0.2) is 4.98 Å². The smallest absolute Gasteiger partial charge is 0.257 e. The van der Waals surface area contributed by atoms with Crippen LogP contribution in [0.25, 0.3) is 21.7 Å². The van der Waals surface area contributed by atoms with Gasteiger partial charge in [0, 0.05) is 11.1 Å². The minimum Gasteiger partial charge on any atom is -0.497 e. The molecule has 1 N–H and O–H groups in total. The van der Waals surface area contributed by atoms with Crippen molar-refractivity contribution in [2.45, 2.75) is 0 Å². The Kier molecular flexibility index (Phi) is 6.37. The first-order chi connectivity index (χ1) is 15.6.